The van der Waals surface area contributed by atoms with Gasteiger partial charge in [0.1, 0.15) is 6.04 Å². The number of fused-ring (bicyclic) bond motifs is 1. The van der Waals surface area contributed by atoms with E-state index >= 15 is 0 Å². The molecule has 4 rings (SSSR count). The van der Waals surface area contributed by atoms with Crippen molar-refractivity contribution in [1.82, 2.24) is 14.9 Å². The standard InChI is InChI=1S/C26H25N3O3/c30-24(27-17-9-14-19-10-3-1-4-11-19)23(18-20-12-5-2-6-13-20)29-25(31)21-15-7-8-16-22(21)28-26(29)32/h1-8,10-13,15-16,23H,9,14,17-18H2,(H,27,30)(H,28,32)/t23-/m0/s1. The second-order valence-corrected chi connectivity index (χ2v) is 7.74. The first-order chi connectivity index (χ1) is 15.6. The van der Waals surface area contributed by atoms with E-state index in [0.29, 0.717) is 17.4 Å². The summed E-state index contributed by atoms with van der Waals surface area (Å²) >= 11 is 0. The molecule has 162 valence electrons. The average molecular weight is 428 g/mol. The first-order valence-corrected chi connectivity index (χ1v) is 10.7. The summed E-state index contributed by atoms with van der Waals surface area (Å²) in [4.78, 5) is 41.9. The highest BCUT2D eigenvalue weighted by Gasteiger charge is 2.25. The van der Waals surface area contributed by atoms with Crippen molar-refractivity contribution in [3.63, 3.8) is 0 Å². The molecule has 0 radical (unpaired) electrons. The van der Waals surface area contributed by atoms with Gasteiger partial charge in [0.05, 0.1) is 10.9 Å². The van der Waals surface area contributed by atoms with Gasteiger partial charge < -0.3 is 10.3 Å². The van der Waals surface area contributed by atoms with Crippen molar-refractivity contribution in [2.24, 2.45) is 0 Å². The minimum atomic E-state index is -0.949. The molecule has 0 saturated carbocycles. The van der Waals surface area contributed by atoms with Crippen LogP contribution in [0.5, 0.6) is 0 Å². The van der Waals surface area contributed by atoms with Crippen molar-refractivity contribution in [3.8, 4) is 0 Å². The number of para-hydroxylation sites is 1. The summed E-state index contributed by atoms with van der Waals surface area (Å²) < 4.78 is 1.04. The number of nitrogens with zero attached hydrogens (tertiary/aromatic N) is 1. The number of H-pyrrole nitrogens is 1. The quantitative estimate of drug-likeness (QED) is 0.424. The lowest BCUT2D eigenvalue weighted by Crippen LogP contribution is -2.45. The molecule has 1 aromatic heterocycles. The second kappa shape index (κ2) is 9.92. The van der Waals surface area contributed by atoms with Gasteiger partial charge in [-0.25, -0.2) is 9.36 Å². The maximum absolute atomic E-state index is 13.2. The lowest BCUT2D eigenvalue weighted by Gasteiger charge is -2.19. The number of benzene rings is 3. The molecule has 0 aliphatic rings. The Morgan fingerprint density at radius 1 is 0.844 bits per heavy atom. The molecule has 0 spiro atoms. The van der Waals surface area contributed by atoms with Crippen molar-refractivity contribution < 1.29 is 4.79 Å². The maximum Gasteiger partial charge on any atom is 0.329 e. The zero-order chi connectivity index (χ0) is 22.3. The molecular formula is C26H25N3O3. The van der Waals surface area contributed by atoms with E-state index in [0.717, 1.165) is 23.0 Å². The summed E-state index contributed by atoms with van der Waals surface area (Å²) in [5.74, 6) is -0.343. The van der Waals surface area contributed by atoms with Crippen LogP contribution >= 0.6 is 0 Å². The van der Waals surface area contributed by atoms with Crippen molar-refractivity contribution in [2.45, 2.75) is 25.3 Å². The van der Waals surface area contributed by atoms with E-state index in [4.69, 9.17) is 0 Å². The summed E-state index contributed by atoms with van der Waals surface area (Å²) in [6, 6.07) is 25.3. The van der Waals surface area contributed by atoms with Crippen LogP contribution in [0.2, 0.25) is 0 Å². The van der Waals surface area contributed by atoms with Crippen LogP contribution in [0.15, 0.2) is 94.5 Å². The topological polar surface area (TPSA) is 84.0 Å². The van der Waals surface area contributed by atoms with E-state index in [9.17, 15) is 14.4 Å². The molecule has 0 saturated heterocycles. The van der Waals surface area contributed by atoms with Gasteiger partial charge in [0.15, 0.2) is 0 Å². The van der Waals surface area contributed by atoms with Crippen LogP contribution in [0.4, 0.5) is 0 Å². The summed E-state index contributed by atoms with van der Waals surface area (Å²) in [5, 5.41) is 3.30. The number of hydrogen-bond acceptors (Lipinski definition) is 3. The van der Waals surface area contributed by atoms with E-state index in [1.165, 1.54) is 5.56 Å². The highest BCUT2D eigenvalue weighted by Crippen LogP contribution is 2.14. The Kier molecular flexibility index (Phi) is 6.60. The number of carbonyl (C=O) groups excluding carboxylic acids is 1. The number of aromatic nitrogens is 2. The number of carbonyl (C=O) groups is 1. The van der Waals surface area contributed by atoms with Gasteiger partial charge in [-0.2, -0.15) is 0 Å². The van der Waals surface area contributed by atoms with Crippen LogP contribution < -0.4 is 16.6 Å². The van der Waals surface area contributed by atoms with Crippen LogP contribution in [0.25, 0.3) is 10.9 Å². The Balaban J connectivity index is 1.59. The summed E-state index contributed by atoms with van der Waals surface area (Å²) in [6.07, 6.45) is 1.84. The third-order valence-corrected chi connectivity index (χ3v) is 5.51. The molecule has 0 aliphatic carbocycles. The van der Waals surface area contributed by atoms with E-state index < -0.39 is 17.3 Å². The molecule has 0 fully saturated rings. The summed E-state index contributed by atoms with van der Waals surface area (Å²) in [5.41, 5.74) is 1.47. The fourth-order valence-corrected chi connectivity index (χ4v) is 3.86. The van der Waals surface area contributed by atoms with Crippen LogP contribution in [0.1, 0.15) is 23.6 Å². The van der Waals surface area contributed by atoms with E-state index in [-0.39, 0.29) is 12.3 Å². The molecule has 1 atom stereocenters. The van der Waals surface area contributed by atoms with E-state index in [2.05, 4.69) is 10.3 Å². The maximum atomic E-state index is 13.2. The molecule has 0 aliphatic heterocycles. The van der Waals surface area contributed by atoms with Gasteiger partial charge in [-0.15, -0.1) is 0 Å². The fraction of sp³-hybridized carbons (Fsp3) is 0.192. The molecule has 2 N–H and O–H groups in total. The SMILES string of the molecule is O=C(NCCCc1ccccc1)[C@H](Cc1ccccc1)n1c(=O)[nH]c2ccccc2c1=O. The Labute approximate surface area is 185 Å². The lowest BCUT2D eigenvalue weighted by molar-refractivity contribution is -0.124. The number of aromatic amines is 1. The van der Waals surface area contributed by atoms with Crippen molar-refractivity contribution in [3.05, 3.63) is 117 Å². The van der Waals surface area contributed by atoms with Crippen LogP contribution in [-0.2, 0) is 17.6 Å². The van der Waals surface area contributed by atoms with Gasteiger partial charge in [-0.3, -0.25) is 9.59 Å². The van der Waals surface area contributed by atoms with Gasteiger partial charge in [-0.1, -0.05) is 72.8 Å². The molecule has 6 nitrogen and oxygen atoms in total. The molecule has 4 aromatic rings. The van der Waals surface area contributed by atoms with E-state index in [1.807, 2.05) is 60.7 Å². The molecule has 1 heterocycles. The Bertz CT molecular complexity index is 1310. The highest BCUT2D eigenvalue weighted by molar-refractivity contribution is 5.82. The Morgan fingerprint density at radius 2 is 1.47 bits per heavy atom. The molecule has 0 bridgehead atoms. The fourth-order valence-electron chi connectivity index (χ4n) is 3.86. The zero-order valence-electron chi connectivity index (χ0n) is 17.7. The highest BCUT2D eigenvalue weighted by atomic mass is 16.2. The zero-order valence-corrected chi connectivity index (χ0v) is 17.7. The third-order valence-electron chi connectivity index (χ3n) is 5.51. The molecule has 32 heavy (non-hydrogen) atoms. The Hall–Kier alpha value is -3.93. The van der Waals surface area contributed by atoms with Crippen LogP contribution in [-0.4, -0.2) is 22.0 Å². The number of aryl methyl sites for hydroxylation is 1. The van der Waals surface area contributed by atoms with Crippen LogP contribution in [0.3, 0.4) is 0 Å². The summed E-state index contributed by atoms with van der Waals surface area (Å²) in [7, 11) is 0. The number of amides is 1. The molecule has 6 heteroatoms. The minimum Gasteiger partial charge on any atom is -0.354 e. The van der Waals surface area contributed by atoms with Crippen LogP contribution in [0, 0.1) is 0 Å². The van der Waals surface area contributed by atoms with Gasteiger partial charge in [0.2, 0.25) is 5.91 Å². The molecular weight excluding hydrogens is 402 g/mol. The summed E-state index contributed by atoms with van der Waals surface area (Å²) in [6.45, 7) is 0.458. The predicted octanol–water partition coefficient (Wildman–Crippen LogP) is 3.22. The van der Waals surface area contributed by atoms with Gasteiger partial charge >= 0.3 is 5.69 Å². The lowest BCUT2D eigenvalue weighted by atomic mass is 10.0. The van der Waals surface area contributed by atoms with Crippen molar-refractivity contribution >= 4 is 16.8 Å². The minimum absolute atomic E-state index is 0.243. The monoisotopic (exact) mass is 427 g/mol. The number of nitrogens with one attached hydrogen (secondary N) is 2. The molecule has 0 unspecified atom stereocenters. The van der Waals surface area contributed by atoms with Crippen molar-refractivity contribution in [2.75, 3.05) is 6.54 Å². The van der Waals surface area contributed by atoms with E-state index in [1.54, 1.807) is 24.3 Å². The largest absolute Gasteiger partial charge is 0.354 e. The van der Waals surface area contributed by atoms with Crippen molar-refractivity contribution in [1.29, 1.82) is 0 Å². The second-order valence-electron chi connectivity index (χ2n) is 7.74. The van der Waals surface area contributed by atoms with Gasteiger partial charge in [-0.05, 0) is 36.1 Å². The first kappa shape index (κ1) is 21.3. The number of rotatable bonds is 8. The first-order valence-electron chi connectivity index (χ1n) is 10.7. The smallest absolute Gasteiger partial charge is 0.329 e. The van der Waals surface area contributed by atoms with Gasteiger partial charge in [0, 0.05) is 13.0 Å². The number of hydrogen-bond donors (Lipinski definition) is 2. The predicted molar refractivity (Wildman–Crippen MR) is 126 cm³/mol. The Morgan fingerprint density at radius 3 is 2.19 bits per heavy atom. The normalized spacial score (nSPS) is 11.9. The molecule has 3 aromatic carbocycles. The average Bonchev–Trinajstić information content (AvgIpc) is 2.82. The van der Waals surface area contributed by atoms with Gasteiger partial charge in [0.25, 0.3) is 5.56 Å². The molecule has 1 amide bonds. The third kappa shape index (κ3) is 4.86.